The van der Waals surface area contributed by atoms with E-state index >= 15 is 0 Å². The summed E-state index contributed by atoms with van der Waals surface area (Å²) in [7, 11) is 0. The van der Waals surface area contributed by atoms with Gasteiger partial charge in [-0.25, -0.2) is 0 Å². The Morgan fingerprint density at radius 3 is 2.31 bits per heavy atom. The van der Waals surface area contributed by atoms with E-state index in [1.165, 1.54) is 6.92 Å². The number of nitrogens with one attached hydrogen (secondary N) is 1. The maximum Gasteiger partial charge on any atom is 0.221 e. The van der Waals surface area contributed by atoms with E-state index in [9.17, 15) is 14.7 Å². The van der Waals surface area contributed by atoms with Gasteiger partial charge in [0.15, 0.2) is 0 Å². The highest BCUT2D eigenvalue weighted by Gasteiger charge is 2.04. The minimum Gasteiger partial charge on any atom is -0.550 e. The zero-order valence-electron chi connectivity index (χ0n) is 9.32. The first-order valence-electron chi connectivity index (χ1n) is 5.06. The van der Waals surface area contributed by atoms with Crippen molar-refractivity contribution in [3.63, 3.8) is 0 Å². The van der Waals surface area contributed by atoms with Crippen LogP contribution in [0.15, 0.2) is 24.3 Å². The third-order valence-electron chi connectivity index (χ3n) is 2.22. The van der Waals surface area contributed by atoms with Crippen molar-refractivity contribution < 1.29 is 14.7 Å². The Morgan fingerprint density at radius 1 is 1.31 bits per heavy atom. The average molecular weight is 220 g/mol. The molecule has 0 aliphatic rings. The number of carbonyl (C=O) groups excluding carboxylic acids is 2. The first-order chi connectivity index (χ1) is 7.49. The molecule has 0 aliphatic carbocycles. The molecule has 0 radical (unpaired) electrons. The molecular weight excluding hydrogens is 206 g/mol. The van der Waals surface area contributed by atoms with Crippen molar-refractivity contribution in [2.24, 2.45) is 5.92 Å². The lowest BCUT2D eigenvalue weighted by Gasteiger charge is -2.12. The van der Waals surface area contributed by atoms with Crippen molar-refractivity contribution in [1.82, 2.24) is 0 Å². The maximum atomic E-state index is 10.8. The van der Waals surface area contributed by atoms with Crippen molar-refractivity contribution in [1.29, 1.82) is 0 Å². The van der Waals surface area contributed by atoms with Gasteiger partial charge >= 0.3 is 0 Å². The Morgan fingerprint density at radius 2 is 1.88 bits per heavy atom. The molecule has 0 heterocycles. The lowest BCUT2D eigenvalue weighted by Crippen LogP contribution is -2.30. The molecule has 4 nitrogen and oxygen atoms in total. The monoisotopic (exact) mass is 220 g/mol. The molecule has 0 aromatic heterocycles. The summed E-state index contributed by atoms with van der Waals surface area (Å²) in [4.78, 5) is 21.3. The van der Waals surface area contributed by atoms with Crippen LogP contribution in [0, 0.1) is 5.92 Å². The summed E-state index contributed by atoms with van der Waals surface area (Å²) in [6.07, 6.45) is 0.433. The van der Waals surface area contributed by atoms with E-state index in [1.807, 2.05) is 0 Å². The third kappa shape index (κ3) is 3.73. The van der Waals surface area contributed by atoms with E-state index in [2.05, 4.69) is 5.32 Å². The first kappa shape index (κ1) is 12.2. The molecule has 0 saturated carbocycles. The summed E-state index contributed by atoms with van der Waals surface area (Å²) < 4.78 is 0. The lowest BCUT2D eigenvalue weighted by atomic mass is 10.0. The maximum absolute atomic E-state index is 10.8. The molecule has 0 aliphatic heterocycles. The molecule has 86 valence electrons. The Balaban J connectivity index is 2.64. The Hall–Kier alpha value is -1.84. The molecule has 0 fully saturated rings. The van der Waals surface area contributed by atoms with Gasteiger partial charge in [0.2, 0.25) is 5.91 Å². The standard InChI is InChI=1S/C12H15NO3/c1-8(12(15)16)7-10-3-5-11(6-4-10)13-9(2)14/h3-6,8H,7H2,1-2H3,(H,13,14)(H,15,16)/p-1. The van der Waals surface area contributed by atoms with Crippen LogP contribution in [0.4, 0.5) is 5.69 Å². The predicted octanol–water partition coefficient (Wildman–Crippen LogP) is 0.573. The molecule has 4 heteroatoms. The number of aliphatic carboxylic acids is 1. The molecular formula is C12H14NO3-. The summed E-state index contributed by atoms with van der Waals surface area (Å²) in [6, 6.07) is 7.09. The Labute approximate surface area is 94.3 Å². The predicted molar refractivity (Wildman–Crippen MR) is 58.6 cm³/mol. The number of carbonyl (C=O) groups is 2. The second-order valence-corrected chi connectivity index (χ2v) is 3.80. The van der Waals surface area contributed by atoms with Crippen LogP contribution in [-0.2, 0) is 16.0 Å². The molecule has 0 spiro atoms. The van der Waals surface area contributed by atoms with E-state index in [0.717, 1.165) is 5.56 Å². The van der Waals surface area contributed by atoms with Gasteiger partial charge in [0.1, 0.15) is 0 Å². The number of hydrogen-bond donors (Lipinski definition) is 1. The molecule has 1 rings (SSSR count). The fraction of sp³-hybridized carbons (Fsp3) is 0.333. The normalized spacial score (nSPS) is 11.9. The zero-order chi connectivity index (χ0) is 12.1. The van der Waals surface area contributed by atoms with E-state index in [-0.39, 0.29) is 5.91 Å². The van der Waals surface area contributed by atoms with Crippen molar-refractivity contribution >= 4 is 17.6 Å². The van der Waals surface area contributed by atoms with Crippen LogP contribution < -0.4 is 10.4 Å². The van der Waals surface area contributed by atoms with E-state index in [0.29, 0.717) is 12.1 Å². The largest absolute Gasteiger partial charge is 0.550 e. The lowest BCUT2D eigenvalue weighted by molar-refractivity contribution is -0.310. The van der Waals surface area contributed by atoms with Gasteiger partial charge in [-0.1, -0.05) is 19.1 Å². The average Bonchev–Trinajstić information content (AvgIpc) is 2.20. The van der Waals surface area contributed by atoms with Gasteiger partial charge in [0, 0.05) is 18.6 Å². The van der Waals surface area contributed by atoms with Crippen LogP contribution in [0.3, 0.4) is 0 Å². The number of hydrogen-bond acceptors (Lipinski definition) is 3. The molecule has 1 aromatic carbocycles. The van der Waals surface area contributed by atoms with Crippen molar-refractivity contribution in [2.75, 3.05) is 5.32 Å². The third-order valence-corrected chi connectivity index (χ3v) is 2.22. The van der Waals surface area contributed by atoms with E-state index in [4.69, 9.17) is 0 Å². The van der Waals surface area contributed by atoms with E-state index < -0.39 is 11.9 Å². The van der Waals surface area contributed by atoms with Crippen LogP contribution >= 0.6 is 0 Å². The van der Waals surface area contributed by atoms with Gasteiger partial charge in [-0.2, -0.15) is 0 Å². The molecule has 1 amide bonds. The van der Waals surface area contributed by atoms with Gasteiger partial charge in [-0.15, -0.1) is 0 Å². The van der Waals surface area contributed by atoms with Crippen LogP contribution in [0.1, 0.15) is 19.4 Å². The van der Waals surface area contributed by atoms with Crippen LogP contribution in [0.2, 0.25) is 0 Å². The topological polar surface area (TPSA) is 69.2 Å². The van der Waals surface area contributed by atoms with Crippen molar-refractivity contribution in [2.45, 2.75) is 20.3 Å². The summed E-state index contributed by atoms with van der Waals surface area (Å²) in [5.74, 6) is -1.69. The smallest absolute Gasteiger partial charge is 0.221 e. The Bertz CT molecular complexity index is 384. The highest BCUT2D eigenvalue weighted by molar-refractivity contribution is 5.88. The molecule has 0 bridgehead atoms. The first-order valence-corrected chi connectivity index (χ1v) is 5.06. The van der Waals surface area contributed by atoms with Gasteiger partial charge in [0.25, 0.3) is 0 Å². The summed E-state index contributed by atoms with van der Waals surface area (Å²) in [5.41, 5.74) is 1.61. The van der Waals surface area contributed by atoms with Gasteiger partial charge in [-0.05, 0) is 30.0 Å². The fourth-order valence-electron chi connectivity index (χ4n) is 1.36. The van der Waals surface area contributed by atoms with Crippen molar-refractivity contribution in [3.05, 3.63) is 29.8 Å². The number of amides is 1. The zero-order valence-corrected chi connectivity index (χ0v) is 9.32. The minimum atomic E-state index is -1.05. The van der Waals surface area contributed by atoms with Crippen LogP contribution in [0.5, 0.6) is 0 Å². The number of carboxylic acids is 1. The summed E-state index contributed by atoms with van der Waals surface area (Å²) in [5, 5.41) is 13.2. The molecule has 1 aromatic rings. The quantitative estimate of drug-likeness (QED) is 0.806. The summed E-state index contributed by atoms with van der Waals surface area (Å²) in [6.45, 7) is 3.04. The SMILES string of the molecule is CC(=O)Nc1ccc(CC(C)C(=O)[O-])cc1. The second-order valence-electron chi connectivity index (χ2n) is 3.80. The number of anilines is 1. The van der Waals surface area contributed by atoms with Gasteiger partial charge in [-0.3, -0.25) is 4.79 Å². The molecule has 16 heavy (non-hydrogen) atoms. The van der Waals surface area contributed by atoms with Crippen molar-refractivity contribution in [3.8, 4) is 0 Å². The Kier molecular flexibility index (Phi) is 4.05. The van der Waals surface area contributed by atoms with E-state index in [1.54, 1.807) is 31.2 Å². The fourth-order valence-corrected chi connectivity index (χ4v) is 1.36. The second kappa shape index (κ2) is 5.30. The van der Waals surface area contributed by atoms with Gasteiger partial charge < -0.3 is 15.2 Å². The van der Waals surface area contributed by atoms with Crippen LogP contribution in [0.25, 0.3) is 0 Å². The molecule has 1 atom stereocenters. The van der Waals surface area contributed by atoms with Crippen LogP contribution in [-0.4, -0.2) is 11.9 Å². The number of carboxylic acid groups (broad SMARTS) is 1. The highest BCUT2D eigenvalue weighted by Crippen LogP contribution is 2.12. The molecule has 1 N–H and O–H groups in total. The molecule has 0 saturated heterocycles. The number of rotatable bonds is 4. The van der Waals surface area contributed by atoms with Gasteiger partial charge in [0.05, 0.1) is 0 Å². The number of benzene rings is 1. The summed E-state index contributed by atoms with van der Waals surface area (Å²) >= 11 is 0. The molecule has 1 unspecified atom stereocenters. The minimum absolute atomic E-state index is 0.129. The highest BCUT2D eigenvalue weighted by atomic mass is 16.4.